The van der Waals surface area contributed by atoms with Gasteiger partial charge < -0.3 is 29.2 Å². The molecule has 2 heterocycles. The van der Waals surface area contributed by atoms with Crippen molar-refractivity contribution < 1.29 is 38.7 Å². The minimum Gasteiger partial charge on any atom is -0.455 e. The number of carbonyl (C=O) groups is 2. The number of rotatable bonds is 4. The van der Waals surface area contributed by atoms with Crippen molar-refractivity contribution in [1.29, 1.82) is 0 Å². The lowest BCUT2D eigenvalue weighted by atomic mass is 9.42. The maximum Gasteiger partial charge on any atom is 0.338 e. The predicted octanol–water partition coefficient (Wildman–Crippen LogP) is 6.58. The van der Waals surface area contributed by atoms with Gasteiger partial charge in [-0.3, -0.25) is 0 Å². The number of esters is 2. The highest BCUT2D eigenvalue weighted by atomic mass is 16.7. The van der Waals surface area contributed by atoms with Crippen LogP contribution in [0.25, 0.3) is 0 Å². The molecule has 0 radical (unpaired) electrons. The minimum absolute atomic E-state index is 0.00912. The van der Waals surface area contributed by atoms with Crippen molar-refractivity contribution >= 4 is 11.9 Å². The molecule has 1 spiro atoms. The molecule has 8 rings (SSSR count). The Labute approximate surface area is 289 Å². The van der Waals surface area contributed by atoms with Crippen molar-refractivity contribution in [2.45, 2.75) is 115 Å². The van der Waals surface area contributed by atoms with Gasteiger partial charge >= 0.3 is 11.9 Å². The van der Waals surface area contributed by atoms with E-state index in [9.17, 15) is 19.8 Å². The van der Waals surface area contributed by atoms with Gasteiger partial charge in [-0.05, 0) is 97.8 Å². The summed E-state index contributed by atoms with van der Waals surface area (Å²) < 4.78 is 25.7. The topological polar surface area (TPSA) is 112 Å². The number of hydrogen-bond acceptors (Lipinski definition) is 8. The van der Waals surface area contributed by atoms with Crippen LogP contribution < -0.4 is 0 Å². The van der Waals surface area contributed by atoms with Crippen molar-refractivity contribution in [3.63, 3.8) is 0 Å². The zero-order valence-electron chi connectivity index (χ0n) is 29.3. The summed E-state index contributed by atoms with van der Waals surface area (Å²) in [5.74, 6) is 0.296. The number of benzene rings is 2. The minimum atomic E-state index is -1.52. The number of hydrogen-bond donors (Lipinski definition) is 2. The Balaban J connectivity index is 1.08. The second kappa shape index (κ2) is 11.9. The highest BCUT2D eigenvalue weighted by Gasteiger charge is 2.73. The second-order valence-corrected chi connectivity index (χ2v) is 17.0. The van der Waals surface area contributed by atoms with Gasteiger partial charge in [0.1, 0.15) is 12.2 Å². The highest BCUT2D eigenvalue weighted by Crippen LogP contribution is 2.72. The van der Waals surface area contributed by atoms with E-state index < -0.39 is 47.1 Å². The van der Waals surface area contributed by atoms with Gasteiger partial charge in [-0.15, -0.1) is 0 Å². The van der Waals surface area contributed by atoms with Crippen LogP contribution >= 0.6 is 0 Å². The molecule has 0 aromatic heterocycles. The van der Waals surface area contributed by atoms with Crippen LogP contribution in [0.1, 0.15) is 99.8 Å². The van der Waals surface area contributed by atoms with Crippen molar-refractivity contribution in [2.75, 3.05) is 6.61 Å². The predicted molar refractivity (Wildman–Crippen MR) is 181 cm³/mol. The van der Waals surface area contributed by atoms with E-state index in [1.54, 1.807) is 48.5 Å². The molecule has 2 aromatic carbocycles. The van der Waals surface area contributed by atoms with Gasteiger partial charge in [0.25, 0.3) is 0 Å². The van der Waals surface area contributed by atoms with Gasteiger partial charge in [0.2, 0.25) is 0 Å². The lowest BCUT2D eigenvalue weighted by molar-refractivity contribution is -0.286. The first kappa shape index (κ1) is 33.4. The Morgan fingerprint density at radius 1 is 0.816 bits per heavy atom. The summed E-state index contributed by atoms with van der Waals surface area (Å²) in [5.41, 5.74) is -1.47. The van der Waals surface area contributed by atoms with Gasteiger partial charge in [-0.1, -0.05) is 64.1 Å². The largest absolute Gasteiger partial charge is 0.455 e. The van der Waals surface area contributed by atoms with E-state index in [0.717, 1.165) is 38.7 Å². The molecule has 2 aliphatic heterocycles. The van der Waals surface area contributed by atoms with Gasteiger partial charge in [0.05, 0.1) is 35.5 Å². The fourth-order valence-electron chi connectivity index (χ4n) is 12.1. The molecule has 2 saturated heterocycles. The van der Waals surface area contributed by atoms with E-state index >= 15 is 0 Å². The molecule has 264 valence electrons. The van der Waals surface area contributed by atoms with E-state index in [2.05, 4.69) is 27.7 Å². The zero-order valence-corrected chi connectivity index (χ0v) is 29.3. The maximum atomic E-state index is 13.5. The molecule has 0 amide bonds. The van der Waals surface area contributed by atoms with Gasteiger partial charge in [0, 0.05) is 24.2 Å². The molecule has 8 heteroatoms. The molecule has 2 aromatic rings. The highest BCUT2D eigenvalue weighted by molar-refractivity contribution is 5.90. The van der Waals surface area contributed by atoms with Crippen molar-refractivity contribution in [3.8, 4) is 0 Å². The number of aliphatic hydroxyl groups is 2. The molecule has 4 aliphatic carbocycles. The third-order valence-electron chi connectivity index (χ3n) is 14.6. The Morgan fingerprint density at radius 3 is 2.02 bits per heavy atom. The van der Waals surface area contributed by atoms with E-state index in [4.69, 9.17) is 18.9 Å². The summed E-state index contributed by atoms with van der Waals surface area (Å²) in [7, 11) is 0. The summed E-state index contributed by atoms with van der Waals surface area (Å²) in [6.07, 6.45) is 3.05. The molecule has 49 heavy (non-hydrogen) atoms. The van der Waals surface area contributed by atoms with Gasteiger partial charge in [-0.25, -0.2) is 9.59 Å². The van der Waals surface area contributed by atoms with E-state index in [1.165, 1.54) is 0 Å². The molecule has 4 saturated carbocycles. The normalized spacial score (nSPS) is 47.0. The van der Waals surface area contributed by atoms with Gasteiger partial charge in [0.15, 0.2) is 5.79 Å². The van der Waals surface area contributed by atoms with Crippen LogP contribution in [0.4, 0.5) is 0 Å². The number of fused-ring (bicyclic) bond motifs is 7. The first-order valence-electron chi connectivity index (χ1n) is 18.6. The average molecular weight is 673 g/mol. The van der Waals surface area contributed by atoms with Crippen LogP contribution in [0.2, 0.25) is 0 Å². The van der Waals surface area contributed by atoms with Crippen molar-refractivity contribution in [1.82, 2.24) is 0 Å². The summed E-state index contributed by atoms with van der Waals surface area (Å²) in [4.78, 5) is 26.8. The quantitative estimate of drug-likeness (QED) is 0.351. The fourth-order valence-corrected chi connectivity index (χ4v) is 12.1. The van der Waals surface area contributed by atoms with Crippen molar-refractivity contribution in [3.05, 3.63) is 71.8 Å². The number of carbonyl (C=O) groups excluding carboxylic acids is 2. The van der Waals surface area contributed by atoms with Crippen LogP contribution in [-0.2, 0) is 18.9 Å². The molecule has 6 fully saturated rings. The molecule has 14 atom stereocenters. The molecule has 2 N–H and O–H groups in total. The zero-order chi connectivity index (χ0) is 34.3. The molecular formula is C41H52O8. The first-order chi connectivity index (χ1) is 23.4. The first-order valence-corrected chi connectivity index (χ1v) is 18.6. The third-order valence-corrected chi connectivity index (χ3v) is 14.6. The molecule has 0 bridgehead atoms. The Morgan fingerprint density at radius 2 is 1.43 bits per heavy atom. The summed E-state index contributed by atoms with van der Waals surface area (Å²) in [6, 6.07) is 17.5. The molecule has 0 unspecified atom stereocenters. The van der Waals surface area contributed by atoms with Crippen LogP contribution in [-0.4, -0.2) is 64.6 Å². The maximum absolute atomic E-state index is 13.5. The summed E-state index contributed by atoms with van der Waals surface area (Å²) in [5, 5.41) is 24.7. The molecular weight excluding hydrogens is 620 g/mol. The Kier molecular flexibility index (Phi) is 8.10. The summed E-state index contributed by atoms with van der Waals surface area (Å²) >= 11 is 0. The Bertz CT molecular complexity index is 1560. The second-order valence-electron chi connectivity index (χ2n) is 17.0. The fraction of sp³-hybridized carbons (Fsp3) is 0.659. The average Bonchev–Trinajstić information content (AvgIpc) is 3.54. The standard InChI is InChI=1S/C41H52O8/c1-24-15-18-41(46-23-24)25(2)35-31(49-41)20-30-28-19-34(42)40(45)22-33(48-37(44)27-13-9-6-10-14-27)32(47-36(43)26-11-7-5-8-12-26)21-39(40,4)29(28)16-17-38(30,35)3/h5-14,24-25,28-35,42,45H,15-23H2,1-4H3/t24-,25+,28-,29+,30+,31+,32-,33-,34-,35+,38+,39-,40+,41-/m1/s1. The third kappa shape index (κ3) is 5.06. The van der Waals surface area contributed by atoms with Crippen molar-refractivity contribution in [2.24, 2.45) is 46.3 Å². The Hall–Kier alpha value is -2.78. The SMILES string of the molecule is C[C@@H]1CC[C@@]2(OC1)O[C@H]1C[C@H]3[C@@H]4C[C@@H](O)[C@@]5(O)C[C@@H](OC(=O)c6ccccc6)[C@H](OC(=O)c6ccccc6)C[C@]5(C)[C@H]4CC[C@]3(C)[C@H]1[C@@H]2C. The van der Waals surface area contributed by atoms with Crippen LogP contribution in [0, 0.1) is 46.3 Å². The summed E-state index contributed by atoms with van der Waals surface area (Å²) in [6.45, 7) is 9.85. The molecule has 8 nitrogen and oxygen atoms in total. The number of aliphatic hydroxyl groups excluding tert-OH is 1. The van der Waals surface area contributed by atoms with Crippen LogP contribution in [0.15, 0.2) is 60.7 Å². The van der Waals surface area contributed by atoms with Crippen LogP contribution in [0.5, 0.6) is 0 Å². The van der Waals surface area contributed by atoms with E-state index in [1.807, 2.05) is 12.1 Å². The van der Waals surface area contributed by atoms with E-state index in [-0.39, 0.29) is 42.1 Å². The van der Waals surface area contributed by atoms with Crippen LogP contribution in [0.3, 0.4) is 0 Å². The smallest absolute Gasteiger partial charge is 0.338 e. The molecule has 6 aliphatic rings. The lowest BCUT2D eigenvalue weighted by Crippen LogP contribution is -2.71. The lowest BCUT2D eigenvalue weighted by Gasteiger charge is -2.66. The monoisotopic (exact) mass is 672 g/mol. The van der Waals surface area contributed by atoms with Gasteiger partial charge in [-0.2, -0.15) is 0 Å². The number of ether oxygens (including phenoxy) is 4. The van der Waals surface area contributed by atoms with E-state index in [0.29, 0.717) is 35.3 Å².